The van der Waals surface area contributed by atoms with Gasteiger partial charge < -0.3 is 14.6 Å². The molecular formula is C23H21N5O3. The van der Waals surface area contributed by atoms with E-state index in [2.05, 4.69) is 15.4 Å². The summed E-state index contributed by atoms with van der Waals surface area (Å²) >= 11 is 0. The lowest BCUT2D eigenvalue weighted by molar-refractivity contribution is -0.121. The van der Waals surface area contributed by atoms with E-state index in [1.165, 1.54) is 11.2 Å². The second-order valence-corrected chi connectivity index (χ2v) is 6.89. The van der Waals surface area contributed by atoms with Crippen LogP contribution in [0.1, 0.15) is 16.4 Å². The first-order valence-corrected chi connectivity index (χ1v) is 9.74. The van der Waals surface area contributed by atoms with E-state index in [-0.39, 0.29) is 24.8 Å². The molecule has 8 nitrogen and oxygen atoms in total. The van der Waals surface area contributed by atoms with Crippen molar-refractivity contribution >= 4 is 11.8 Å². The third-order valence-corrected chi connectivity index (χ3v) is 4.60. The zero-order valence-electron chi connectivity index (χ0n) is 16.9. The summed E-state index contributed by atoms with van der Waals surface area (Å²) in [6.07, 6.45) is 1.54. The van der Waals surface area contributed by atoms with Crippen LogP contribution >= 0.6 is 0 Å². The lowest BCUT2D eigenvalue weighted by Crippen LogP contribution is -2.38. The van der Waals surface area contributed by atoms with Gasteiger partial charge in [-0.3, -0.25) is 9.59 Å². The van der Waals surface area contributed by atoms with Crippen molar-refractivity contribution in [3.05, 3.63) is 90.6 Å². The van der Waals surface area contributed by atoms with Gasteiger partial charge in [0.2, 0.25) is 11.7 Å². The number of para-hydroxylation sites is 1. The Balaban J connectivity index is 1.53. The summed E-state index contributed by atoms with van der Waals surface area (Å²) in [5.41, 5.74) is 1.61. The van der Waals surface area contributed by atoms with Crippen LogP contribution in [0.4, 0.5) is 0 Å². The van der Waals surface area contributed by atoms with Gasteiger partial charge in [0.25, 0.3) is 5.91 Å². The third-order valence-electron chi connectivity index (χ3n) is 4.60. The highest BCUT2D eigenvalue weighted by Crippen LogP contribution is 2.21. The molecule has 1 N–H and O–H groups in total. The standard InChI is InChI=1S/C23H21N5O3/c1-27(16-20(29)24-15-19-13-8-14-31-19)23(30)21-25-22(17-9-4-2-5-10-17)28(26-21)18-11-6-3-7-12-18/h2-14H,15-16H2,1H3,(H,24,29). The fourth-order valence-electron chi connectivity index (χ4n) is 3.04. The van der Waals surface area contributed by atoms with Gasteiger partial charge >= 0.3 is 0 Å². The number of carbonyl (C=O) groups excluding carboxylic acids is 2. The van der Waals surface area contributed by atoms with Gasteiger partial charge in [0.15, 0.2) is 5.82 Å². The first-order chi connectivity index (χ1) is 15.1. The number of carbonyl (C=O) groups is 2. The first-order valence-electron chi connectivity index (χ1n) is 9.74. The molecular weight excluding hydrogens is 394 g/mol. The minimum Gasteiger partial charge on any atom is -0.467 e. The molecule has 0 radical (unpaired) electrons. The number of hydrogen-bond donors (Lipinski definition) is 1. The smallest absolute Gasteiger partial charge is 0.293 e. The maximum Gasteiger partial charge on any atom is 0.293 e. The molecule has 0 aliphatic heterocycles. The van der Waals surface area contributed by atoms with E-state index in [0.717, 1.165) is 11.3 Å². The predicted molar refractivity (Wildman–Crippen MR) is 114 cm³/mol. The normalized spacial score (nSPS) is 10.6. The number of nitrogens with one attached hydrogen (secondary N) is 1. The number of amides is 2. The average Bonchev–Trinajstić information content (AvgIpc) is 3.48. The van der Waals surface area contributed by atoms with Crippen molar-refractivity contribution < 1.29 is 14.0 Å². The van der Waals surface area contributed by atoms with Crippen molar-refractivity contribution in [2.24, 2.45) is 0 Å². The summed E-state index contributed by atoms with van der Waals surface area (Å²) in [4.78, 5) is 30.9. The van der Waals surface area contributed by atoms with Crippen LogP contribution in [0.25, 0.3) is 17.1 Å². The number of rotatable bonds is 7. The van der Waals surface area contributed by atoms with E-state index in [1.54, 1.807) is 23.9 Å². The van der Waals surface area contributed by atoms with Crippen LogP contribution in [0.2, 0.25) is 0 Å². The monoisotopic (exact) mass is 415 g/mol. The summed E-state index contributed by atoms with van der Waals surface area (Å²) < 4.78 is 6.82. The Kier molecular flexibility index (Phi) is 5.89. The second-order valence-electron chi connectivity index (χ2n) is 6.89. The second kappa shape index (κ2) is 9.08. The number of hydrogen-bond acceptors (Lipinski definition) is 5. The van der Waals surface area contributed by atoms with Crippen LogP contribution in [0.15, 0.2) is 83.5 Å². The average molecular weight is 415 g/mol. The quantitative estimate of drug-likeness (QED) is 0.501. The van der Waals surface area contributed by atoms with Crippen LogP contribution in [0.5, 0.6) is 0 Å². The van der Waals surface area contributed by atoms with Crippen molar-refractivity contribution in [2.75, 3.05) is 13.6 Å². The molecule has 0 fully saturated rings. The van der Waals surface area contributed by atoms with Gasteiger partial charge in [0, 0.05) is 12.6 Å². The maximum atomic E-state index is 12.9. The summed E-state index contributed by atoms with van der Waals surface area (Å²) in [6, 6.07) is 22.5. The number of aromatic nitrogens is 3. The Morgan fingerprint density at radius 3 is 2.39 bits per heavy atom. The van der Waals surface area contributed by atoms with Crippen molar-refractivity contribution in [1.82, 2.24) is 25.0 Å². The molecule has 0 unspecified atom stereocenters. The number of benzene rings is 2. The Morgan fingerprint density at radius 2 is 1.71 bits per heavy atom. The minimum absolute atomic E-state index is 0.0176. The molecule has 0 saturated carbocycles. The highest BCUT2D eigenvalue weighted by Gasteiger charge is 2.22. The van der Waals surface area contributed by atoms with Gasteiger partial charge in [0.1, 0.15) is 5.76 Å². The molecule has 4 aromatic rings. The molecule has 0 spiro atoms. The molecule has 31 heavy (non-hydrogen) atoms. The fourth-order valence-corrected chi connectivity index (χ4v) is 3.04. The van der Waals surface area contributed by atoms with E-state index in [0.29, 0.717) is 11.6 Å². The van der Waals surface area contributed by atoms with Gasteiger partial charge in [-0.25, -0.2) is 9.67 Å². The van der Waals surface area contributed by atoms with E-state index >= 15 is 0 Å². The van der Waals surface area contributed by atoms with E-state index in [4.69, 9.17) is 4.42 Å². The van der Waals surface area contributed by atoms with Gasteiger partial charge in [-0.1, -0.05) is 48.5 Å². The molecule has 0 bridgehead atoms. The van der Waals surface area contributed by atoms with Crippen LogP contribution in [-0.2, 0) is 11.3 Å². The molecule has 0 aliphatic rings. The molecule has 0 atom stereocenters. The van der Waals surface area contributed by atoms with Gasteiger partial charge in [-0.05, 0) is 24.3 Å². The van der Waals surface area contributed by atoms with Crippen LogP contribution in [0.3, 0.4) is 0 Å². The summed E-state index contributed by atoms with van der Waals surface area (Å²) in [7, 11) is 1.54. The van der Waals surface area contributed by atoms with Crippen molar-refractivity contribution in [2.45, 2.75) is 6.54 Å². The molecule has 2 aromatic carbocycles. The summed E-state index contributed by atoms with van der Waals surface area (Å²) in [6.45, 7) is 0.132. The van der Waals surface area contributed by atoms with Gasteiger partial charge in [-0.15, -0.1) is 5.10 Å². The number of likely N-dealkylation sites (N-methyl/N-ethyl adjacent to an activating group) is 1. The number of nitrogens with zero attached hydrogens (tertiary/aromatic N) is 4. The van der Waals surface area contributed by atoms with E-state index < -0.39 is 5.91 Å². The highest BCUT2D eigenvalue weighted by atomic mass is 16.3. The Hall–Kier alpha value is -4.20. The first kappa shape index (κ1) is 20.1. The van der Waals surface area contributed by atoms with Crippen LogP contribution in [-0.4, -0.2) is 45.1 Å². The number of furan rings is 1. The molecule has 2 aromatic heterocycles. The van der Waals surface area contributed by atoms with Gasteiger partial charge in [-0.2, -0.15) is 0 Å². The van der Waals surface area contributed by atoms with Crippen LogP contribution in [0, 0.1) is 0 Å². The Labute approximate surface area is 179 Å². The zero-order chi connectivity index (χ0) is 21.6. The topological polar surface area (TPSA) is 93.3 Å². The summed E-state index contributed by atoms with van der Waals surface area (Å²) in [5.74, 6) is 0.450. The van der Waals surface area contributed by atoms with E-state index in [9.17, 15) is 9.59 Å². The molecule has 2 heterocycles. The molecule has 156 valence electrons. The Morgan fingerprint density at radius 1 is 1.00 bits per heavy atom. The molecule has 2 amide bonds. The molecule has 0 saturated heterocycles. The van der Waals surface area contributed by atoms with Gasteiger partial charge in [0.05, 0.1) is 25.0 Å². The largest absolute Gasteiger partial charge is 0.467 e. The van der Waals surface area contributed by atoms with E-state index in [1.807, 2.05) is 60.7 Å². The lowest BCUT2D eigenvalue weighted by Gasteiger charge is -2.14. The third kappa shape index (κ3) is 4.69. The highest BCUT2D eigenvalue weighted by molar-refractivity contribution is 5.93. The molecule has 4 rings (SSSR count). The van der Waals surface area contributed by atoms with Crippen molar-refractivity contribution in [3.8, 4) is 17.1 Å². The fraction of sp³-hybridized carbons (Fsp3) is 0.130. The maximum absolute atomic E-state index is 12.9. The van der Waals surface area contributed by atoms with Crippen molar-refractivity contribution in [3.63, 3.8) is 0 Å². The SMILES string of the molecule is CN(CC(=O)NCc1ccco1)C(=O)c1nc(-c2ccccc2)n(-c2ccccc2)n1. The zero-order valence-corrected chi connectivity index (χ0v) is 16.9. The Bertz CT molecular complexity index is 1100. The lowest BCUT2D eigenvalue weighted by atomic mass is 10.2. The molecule has 0 aliphatic carbocycles. The summed E-state index contributed by atoms with van der Waals surface area (Å²) in [5, 5.41) is 7.16. The minimum atomic E-state index is -0.444. The predicted octanol–water partition coefficient (Wildman–Crippen LogP) is 2.92. The van der Waals surface area contributed by atoms with Crippen molar-refractivity contribution in [1.29, 1.82) is 0 Å². The molecule has 8 heteroatoms. The van der Waals surface area contributed by atoms with Crippen LogP contribution < -0.4 is 5.32 Å².